The van der Waals surface area contributed by atoms with Crippen molar-refractivity contribution >= 4 is 17.5 Å². The second-order valence-corrected chi connectivity index (χ2v) is 6.72. The fourth-order valence-electron chi connectivity index (χ4n) is 2.53. The van der Waals surface area contributed by atoms with Gasteiger partial charge in [-0.1, -0.05) is 17.8 Å². The maximum atomic E-state index is 13.3. The van der Waals surface area contributed by atoms with Crippen LogP contribution in [0.5, 0.6) is 5.75 Å². The lowest BCUT2D eigenvalue weighted by Gasteiger charge is -2.08. The Morgan fingerprint density at radius 2 is 1.93 bits per heavy atom. The molecule has 0 spiro atoms. The molecule has 0 unspecified atom stereocenters. The van der Waals surface area contributed by atoms with Crippen LogP contribution in [-0.2, 0) is 6.54 Å². The summed E-state index contributed by atoms with van der Waals surface area (Å²) in [6.07, 6.45) is 1.71. The average molecular weight is 401 g/mol. The Labute approximate surface area is 165 Å². The Morgan fingerprint density at radius 1 is 1.18 bits per heavy atom. The maximum Gasteiger partial charge on any atom is 0.192 e. The Balaban J connectivity index is 1.79. The second kappa shape index (κ2) is 8.79. The van der Waals surface area contributed by atoms with Crippen LogP contribution in [0.25, 0.3) is 11.4 Å². The van der Waals surface area contributed by atoms with Crippen molar-refractivity contribution in [2.24, 2.45) is 0 Å². The molecule has 0 radical (unpaired) electrons. The van der Waals surface area contributed by atoms with Gasteiger partial charge in [-0.3, -0.25) is 9.36 Å². The van der Waals surface area contributed by atoms with Crippen molar-refractivity contribution in [1.29, 1.82) is 0 Å². The van der Waals surface area contributed by atoms with Gasteiger partial charge in [-0.25, -0.2) is 8.78 Å². The van der Waals surface area contributed by atoms with Crippen LogP contribution < -0.4 is 4.74 Å². The van der Waals surface area contributed by atoms with Gasteiger partial charge in [0.05, 0.1) is 12.9 Å². The van der Waals surface area contributed by atoms with Gasteiger partial charge in [-0.05, 0) is 42.5 Å². The summed E-state index contributed by atoms with van der Waals surface area (Å²) in [5.41, 5.74) is 0.950. The van der Waals surface area contributed by atoms with Gasteiger partial charge in [0.2, 0.25) is 0 Å². The predicted octanol–water partition coefficient (Wildman–Crippen LogP) is 4.39. The molecule has 2 aromatic carbocycles. The lowest BCUT2D eigenvalue weighted by molar-refractivity contribution is 0.102. The number of halogens is 2. The van der Waals surface area contributed by atoms with Crippen molar-refractivity contribution in [2.45, 2.75) is 11.7 Å². The minimum atomic E-state index is -1.05. The van der Waals surface area contributed by atoms with E-state index in [1.807, 2.05) is 28.8 Å². The number of allylic oxidation sites excluding steroid dienone is 1. The Bertz CT molecular complexity index is 1000. The molecule has 1 heterocycles. The molecule has 0 fully saturated rings. The minimum Gasteiger partial charge on any atom is -0.497 e. The summed E-state index contributed by atoms with van der Waals surface area (Å²) in [5, 5.41) is 8.91. The molecule has 3 rings (SSSR count). The maximum absolute atomic E-state index is 13.3. The van der Waals surface area contributed by atoms with Gasteiger partial charge in [-0.15, -0.1) is 16.8 Å². The van der Waals surface area contributed by atoms with E-state index in [4.69, 9.17) is 4.74 Å². The lowest BCUT2D eigenvalue weighted by atomic mass is 10.1. The summed E-state index contributed by atoms with van der Waals surface area (Å²) in [6, 6.07) is 10.5. The summed E-state index contributed by atoms with van der Waals surface area (Å²) in [7, 11) is 1.59. The molecule has 0 amide bonds. The SMILES string of the molecule is C=CCn1c(SCC(=O)c2ccc(F)c(F)c2)nnc1-c1ccc(OC)cc1. The van der Waals surface area contributed by atoms with Crippen LogP contribution in [0.15, 0.2) is 60.3 Å². The van der Waals surface area contributed by atoms with Crippen molar-refractivity contribution in [3.05, 3.63) is 72.3 Å². The topological polar surface area (TPSA) is 57.0 Å². The number of ether oxygens (including phenoxy) is 1. The number of hydrogen-bond donors (Lipinski definition) is 0. The number of aromatic nitrogens is 3. The predicted molar refractivity (Wildman–Crippen MR) is 104 cm³/mol. The zero-order chi connectivity index (χ0) is 20.1. The van der Waals surface area contributed by atoms with E-state index in [0.29, 0.717) is 17.5 Å². The zero-order valence-corrected chi connectivity index (χ0v) is 15.9. The van der Waals surface area contributed by atoms with E-state index in [1.165, 1.54) is 17.8 Å². The van der Waals surface area contributed by atoms with Gasteiger partial charge in [0.25, 0.3) is 0 Å². The molecule has 0 N–H and O–H groups in total. The van der Waals surface area contributed by atoms with E-state index < -0.39 is 11.6 Å². The molecular weight excluding hydrogens is 384 g/mol. The van der Waals surface area contributed by atoms with Crippen LogP contribution in [0, 0.1) is 11.6 Å². The van der Waals surface area contributed by atoms with Gasteiger partial charge in [0.15, 0.2) is 28.4 Å². The fraction of sp³-hybridized carbons (Fsp3) is 0.150. The first kappa shape index (κ1) is 19.8. The summed E-state index contributed by atoms with van der Waals surface area (Å²) in [5.74, 6) is -0.992. The zero-order valence-electron chi connectivity index (χ0n) is 15.1. The standard InChI is InChI=1S/C20H17F2N3O2S/c1-3-10-25-19(13-4-7-15(27-2)8-5-13)23-24-20(25)28-12-18(26)14-6-9-16(21)17(22)11-14/h3-9,11H,1,10,12H2,2H3. The molecule has 0 atom stereocenters. The quantitative estimate of drug-likeness (QED) is 0.318. The highest BCUT2D eigenvalue weighted by Gasteiger charge is 2.16. The third-order valence-corrected chi connectivity index (χ3v) is 4.92. The van der Waals surface area contributed by atoms with Gasteiger partial charge < -0.3 is 4.74 Å². The monoisotopic (exact) mass is 401 g/mol. The van der Waals surface area contributed by atoms with Gasteiger partial charge in [0, 0.05) is 17.7 Å². The smallest absolute Gasteiger partial charge is 0.192 e. The van der Waals surface area contributed by atoms with E-state index >= 15 is 0 Å². The number of Topliss-reactive ketones (excluding diaryl/α,β-unsaturated/α-hetero) is 1. The number of thioether (sulfide) groups is 1. The highest BCUT2D eigenvalue weighted by Crippen LogP contribution is 2.26. The van der Waals surface area contributed by atoms with E-state index in [0.717, 1.165) is 23.4 Å². The van der Waals surface area contributed by atoms with Gasteiger partial charge >= 0.3 is 0 Å². The minimum absolute atomic E-state index is 0.0168. The van der Waals surface area contributed by atoms with E-state index in [1.54, 1.807) is 13.2 Å². The van der Waals surface area contributed by atoms with Crippen molar-refractivity contribution < 1.29 is 18.3 Å². The first-order valence-corrected chi connectivity index (χ1v) is 9.31. The van der Waals surface area contributed by atoms with Crippen LogP contribution in [-0.4, -0.2) is 33.4 Å². The molecule has 0 aliphatic carbocycles. The fourth-order valence-corrected chi connectivity index (χ4v) is 3.37. The summed E-state index contributed by atoms with van der Waals surface area (Å²) >= 11 is 1.17. The highest BCUT2D eigenvalue weighted by atomic mass is 32.2. The van der Waals surface area contributed by atoms with Crippen LogP contribution >= 0.6 is 11.8 Å². The van der Waals surface area contributed by atoms with Crippen LogP contribution in [0.3, 0.4) is 0 Å². The molecule has 0 saturated carbocycles. The van der Waals surface area contributed by atoms with Crippen molar-refractivity contribution in [3.8, 4) is 17.1 Å². The van der Waals surface area contributed by atoms with E-state index in [-0.39, 0.29) is 17.1 Å². The molecule has 28 heavy (non-hydrogen) atoms. The highest BCUT2D eigenvalue weighted by molar-refractivity contribution is 7.99. The summed E-state index contributed by atoms with van der Waals surface area (Å²) < 4.78 is 33.4. The third kappa shape index (κ3) is 4.28. The number of carbonyl (C=O) groups is 1. The number of methoxy groups -OCH3 is 1. The Kier molecular flexibility index (Phi) is 6.20. The second-order valence-electron chi connectivity index (χ2n) is 5.77. The van der Waals surface area contributed by atoms with Crippen molar-refractivity contribution in [3.63, 3.8) is 0 Å². The molecule has 0 bridgehead atoms. The number of benzene rings is 2. The Morgan fingerprint density at radius 3 is 2.57 bits per heavy atom. The van der Waals surface area contributed by atoms with Crippen molar-refractivity contribution in [1.82, 2.24) is 14.8 Å². The molecule has 5 nitrogen and oxygen atoms in total. The third-order valence-electron chi connectivity index (χ3n) is 3.95. The molecule has 1 aromatic heterocycles. The lowest BCUT2D eigenvalue weighted by Crippen LogP contribution is -2.06. The summed E-state index contributed by atoms with van der Waals surface area (Å²) in [4.78, 5) is 12.3. The number of ketones is 1. The molecule has 144 valence electrons. The van der Waals surface area contributed by atoms with E-state index in [2.05, 4.69) is 16.8 Å². The molecular formula is C20H17F2N3O2S. The van der Waals surface area contributed by atoms with Crippen LogP contribution in [0.4, 0.5) is 8.78 Å². The number of hydrogen-bond acceptors (Lipinski definition) is 5. The largest absolute Gasteiger partial charge is 0.497 e. The van der Waals surface area contributed by atoms with Gasteiger partial charge in [-0.2, -0.15) is 0 Å². The molecule has 0 saturated heterocycles. The van der Waals surface area contributed by atoms with Gasteiger partial charge in [0.1, 0.15) is 5.75 Å². The molecule has 0 aliphatic heterocycles. The molecule has 8 heteroatoms. The first-order chi connectivity index (χ1) is 13.5. The van der Waals surface area contributed by atoms with Crippen molar-refractivity contribution in [2.75, 3.05) is 12.9 Å². The van der Waals surface area contributed by atoms with Crippen LogP contribution in [0.1, 0.15) is 10.4 Å². The van der Waals surface area contributed by atoms with Crippen LogP contribution in [0.2, 0.25) is 0 Å². The molecule has 0 aliphatic rings. The summed E-state index contributed by atoms with van der Waals surface area (Å²) in [6.45, 7) is 4.20. The number of rotatable bonds is 8. The first-order valence-electron chi connectivity index (χ1n) is 8.33. The average Bonchev–Trinajstić information content (AvgIpc) is 3.11. The molecule has 3 aromatic rings. The number of nitrogens with zero attached hydrogens (tertiary/aromatic N) is 3. The normalized spacial score (nSPS) is 10.7. The number of carbonyl (C=O) groups excluding carboxylic acids is 1. The Hall–Kier alpha value is -3.00. The van der Waals surface area contributed by atoms with E-state index in [9.17, 15) is 13.6 Å².